The number of nitrogens with one attached hydrogen (secondary N) is 1. The Balaban J connectivity index is 1.70. The van der Waals surface area contributed by atoms with Crippen molar-refractivity contribution in [1.82, 2.24) is 15.2 Å². The fourth-order valence-corrected chi connectivity index (χ4v) is 2.99. The van der Waals surface area contributed by atoms with E-state index >= 15 is 0 Å². The zero-order valence-electron chi connectivity index (χ0n) is 11.8. The second-order valence-corrected chi connectivity index (χ2v) is 5.54. The van der Waals surface area contributed by atoms with E-state index < -0.39 is 5.91 Å². The fraction of sp³-hybridized carbons (Fsp3) is 0.571. The normalized spacial score (nSPS) is 20.8. The van der Waals surface area contributed by atoms with Gasteiger partial charge in [0.25, 0.3) is 5.91 Å². The number of anilines is 1. The molecule has 0 aliphatic carbocycles. The number of rotatable bonds is 3. The minimum absolute atomic E-state index is 0.392. The predicted molar refractivity (Wildman–Crippen MR) is 77.9 cm³/mol. The summed E-state index contributed by atoms with van der Waals surface area (Å²) in [6.07, 6.45) is 1.75. The number of piperazine rings is 1. The van der Waals surface area contributed by atoms with E-state index in [1.54, 1.807) is 6.20 Å². The topological polar surface area (TPSA) is 74.5 Å². The van der Waals surface area contributed by atoms with Gasteiger partial charge in [-0.2, -0.15) is 0 Å². The number of amides is 1. The number of aromatic nitrogens is 1. The molecule has 2 aliphatic heterocycles. The number of primary amides is 1. The van der Waals surface area contributed by atoms with Crippen molar-refractivity contribution in [1.29, 1.82) is 0 Å². The molecule has 3 N–H and O–H groups in total. The molecule has 0 unspecified atom stereocenters. The highest BCUT2D eigenvalue weighted by molar-refractivity contribution is 5.99. The van der Waals surface area contributed by atoms with Gasteiger partial charge in [0, 0.05) is 51.5 Å². The third-order valence-corrected chi connectivity index (χ3v) is 4.22. The van der Waals surface area contributed by atoms with Gasteiger partial charge in [-0.15, -0.1) is 0 Å². The molecule has 20 heavy (non-hydrogen) atoms. The van der Waals surface area contributed by atoms with Crippen LogP contribution in [0.15, 0.2) is 12.3 Å². The maximum Gasteiger partial charge on any atom is 0.252 e. The van der Waals surface area contributed by atoms with Crippen LogP contribution in [0.2, 0.25) is 0 Å². The van der Waals surface area contributed by atoms with Crippen LogP contribution < -0.4 is 16.0 Å². The van der Waals surface area contributed by atoms with Crippen LogP contribution in [0.3, 0.4) is 0 Å². The molecule has 108 valence electrons. The van der Waals surface area contributed by atoms with Crippen molar-refractivity contribution in [3.05, 3.63) is 23.4 Å². The molecule has 2 fully saturated rings. The van der Waals surface area contributed by atoms with Crippen LogP contribution in [0.5, 0.6) is 0 Å². The molecule has 0 bridgehead atoms. The first kappa shape index (κ1) is 13.3. The molecule has 0 saturated carbocycles. The monoisotopic (exact) mass is 275 g/mol. The Hall–Kier alpha value is -1.66. The molecular weight excluding hydrogens is 254 g/mol. The average Bonchev–Trinajstić information content (AvgIpc) is 2.38. The first-order valence-electron chi connectivity index (χ1n) is 7.12. The number of hydrogen-bond donors (Lipinski definition) is 2. The summed E-state index contributed by atoms with van der Waals surface area (Å²) in [6, 6.07) is 2.40. The van der Waals surface area contributed by atoms with Gasteiger partial charge in [0.2, 0.25) is 0 Å². The van der Waals surface area contributed by atoms with Crippen LogP contribution >= 0.6 is 0 Å². The lowest BCUT2D eigenvalue weighted by Crippen LogP contribution is -2.63. The van der Waals surface area contributed by atoms with Gasteiger partial charge in [-0.1, -0.05) is 0 Å². The van der Waals surface area contributed by atoms with Crippen LogP contribution in [-0.2, 0) is 0 Å². The maximum absolute atomic E-state index is 11.6. The van der Waals surface area contributed by atoms with Gasteiger partial charge < -0.3 is 16.0 Å². The van der Waals surface area contributed by atoms with E-state index in [1.165, 1.54) is 0 Å². The average molecular weight is 275 g/mol. The van der Waals surface area contributed by atoms with Crippen molar-refractivity contribution in [2.75, 3.05) is 44.2 Å². The lowest BCUT2D eigenvalue weighted by molar-refractivity contribution is 0.0998. The Kier molecular flexibility index (Phi) is 3.58. The summed E-state index contributed by atoms with van der Waals surface area (Å²) >= 11 is 0. The summed E-state index contributed by atoms with van der Waals surface area (Å²) in [5, 5.41) is 3.36. The number of aryl methyl sites for hydroxylation is 1. The Morgan fingerprint density at radius 3 is 2.75 bits per heavy atom. The molecule has 1 aromatic rings. The van der Waals surface area contributed by atoms with E-state index in [1.807, 2.05) is 13.0 Å². The van der Waals surface area contributed by atoms with E-state index in [0.717, 1.165) is 50.6 Å². The maximum atomic E-state index is 11.6. The molecule has 2 aliphatic rings. The third kappa shape index (κ3) is 2.36. The molecule has 1 amide bonds. The van der Waals surface area contributed by atoms with Crippen molar-refractivity contribution in [3.63, 3.8) is 0 Å². The molecule has 0 atom stereocenters. The van der Waals surface area contributed by atoms with Gasteiger partial charge in [-0.25, -0.2) is 4.98 Å². The van der Waals surface area contributed by atoms with Gasteiger partial charge in [0.15, 0.2) is 0 Å². The van der Waals surface area contributed by atoms with Crippen LogP contribution in [0, 0.1) is 6.92 Å². The number of nitrogens with two attached hydrogens (primary N) is 1. The first-order valence-corrected chi connectivity index (χ1v) is 7.12. The predicted octanol–water partition coefficient (Wildman–Crippen LogP) is -0.417. The Bertz CT molecular complexity index is 506. The van der Waals surface area contributed by atoms with E-state index in [0.29, 0.717) is 11.6 Å². The third-order valence-electron chi connectivity index (χ3n) is 4.22. The molecule has 2 saturated heterocycles. The van der Waals surface area contributed by atoms with E-state index in [-0.39, 0.29) is 0 Å². The van der Waals surface area contributed by atoms with Crippen LogP contribution in [0.1, 0.15) is 15.9 Å². The van der Waals surface area contributed by atoms with E-state index in [9.17, 15) is 4.79 Å². The second-order valence-electron chi connectivity index (χ2n) is 5.54. The largest absolute Gasteiger partial charge is 0.365 e. The van der Waals surface area contributed by atoms with Crippen molar-refractivity contribution < 1.29 is 4.79 Å². The zero-order valence-corrected chi connectivity index (χ0v) is 11.8. The number of carbonyl (C=O) groups is 1. The second kappa shape index (κ2) is 5.38. The number of pyridine rings is 1. The van der Waals surface area contributed by atoms with Gasteiger partial charge in [0.1, 0.15) is 5.82 Å². The Morgan fingerprint density at radius 2 is 2.10 bits per heavy atom. The molecule has 1 aromatic heterocycles. The molecular formula is C14H21N5O. The molecule has 3 rings (SSSR count). The minimum Gasteiger partial charge on any atom is -0.365 e. The van der Waals surface area contributed by atoms with Gasteiger partial charge in [0.05, 0.1) is 5.56 Å². The zero-order chi connectivity index (χ0) is 14.1. The minimum atomic E-state index is -0.392. The van der Waals surface area contributed by atoms with Crippen molar-refractivity contribution in [2.45, 2.75) is 13.0 Å². The molecule has 6 nitrogen and oxygen atoms in total. The molecule has 0 aromatic carbocycles. The fourth-order valence-electron chi connectivity index (χ4n) is 2.99. The van der Waals surface area contributed by atoms with E-state index in [2.05, 4.69) is 20.1 Å². The summed E-state index contributed by atoms with van der Waals surface area (Å²) in [5.41, 5.74) is 6.94. The number of carbonyl (C=O) groups excluding carboxylic acids is 1. The lowest BCUT2D eigenvalue weighted by atomic mass is 10.0. The van der Waals surface area contributed by atoms with Gasteiger partial charge in [-0.3, -0.25) is 9.69 Å². The highest BCUT2D eigenvalue weighted by Gasteiger charge is 2.34. The van der Waals surface area contributed by atoms with Crippen molar-refractivity contribution >= 4 is 11.7 Å². The van der Waals surface area contributed by atoms with E-state index in [4.69, 9.17) is 5.73 Å². The standard InChI is InChI=1S/C14H21N5O/c1-10-2-3-17-14(12(10)13(15)20)19-8-11(9-19)18-6-4-16-5-7-18/h2-3,11,16H,4-9H2,1H3,(H2,15,20). The summed E-state index contributed by atoms with van der Waals surface area (Å²) in [5.74, 6) is 0.347. The lowest BCUT2D eigenvalue weighted by Gasteiger charge is -2.47. The molecule has 0 spiro atoms. The highest BCUT2D eigenvalue weighted by Crippen LogP contribution is 2.26. The van der Waals surface area contributed by atoms with Gasteiger partial charge >= 0.3 is 0 Å². The number of nitrogens with zero attached hydrogens (tertiary/aromatic N) is 3. The van der Waals surface area contributed by atoms with Crippen molar-refractivity contribution in [3.8, 4) is 0 Å². The van der Waals surface area contributed by atoms with Crippen LogP contribution in [-0.4, -0.2) is 61.1 Å². The Labute approximate surface area is 118 Å². The summed E-state index contributed by atoms with van der Waals surface area (Å²) in [4.78, 5) is 20.6. The van der Waals surface area contributed by atoms with Crippen LogP contribution in [0.25, 0.3) is 0 Å². The molecule has 0 radical (unpaired) electrons. The highest BCUT2D eigenvalue weighted by atomic mass is 16.1. The molecule has 6 heteroatoms. The van der Waals surface area contributed by atoms with Crippen molar-refractivity contribution in [2.24, 2.45) is 5.73 Å². The summed E-state index contributed by atoms with van der Waals surface area (Å²) < 4.78 is 0. The Morgan fingerprint density at radius 1 is 1.40 bits per heavy atom. The molecule has 3 heterocycles. The SMILES string of the molecule is Cc1ccnc(N2CC(N3CCNCC3)C2)c1C(N)=O. The summed E-state index contributed by atoms with van der Waals surface area (Å²) in [7, 11) is 0. The quantitative estimate of drug-likeness (QED) is 0.784. The van der Waals surface area contributed by atoms with Crippen LogP contribution in [0.4, 0.5) is 5.82 Å². The summed E-state index contributed by atoms with van der Waals surface area (Å²) in [6.45, 7) is 8.08. The number of hydrogen-bond acceptors (Lipinski definition) is 5. The first-order chi connectivity index (χ1) is 9.66. The van der Waals surface area contributed by atoms with Gasteiger partial charge in [-0.05, 0) is 18.6 Å². The smallest absolute Gasteiger partial charge is 0.252 e.